The Morgan fingerprint density at radius 1 is 1.30 bits per heavy atom. The van der Waals surface area contributed by atoms with Crippen molar-refractivity contribution in [2.75, 3.05) is 18.9 Å². The summed E-state index contributed by atoms with van der Waals surface area (Å²) < 4.78 is 12.1. The summed E-state index contributed by atoms with van der Waals surface area (Å²) in [5, 5.41) is 8.81. The second-order valence-corrected chi connectivity index (χ2v) is 6.79. The van der Waals surface area contributed by atoms with Crippen molar-refractivity contribution in [1.82, 2.24) is 10.2 Å². The molecule has 2 heterocycles. The number of benzene rings is 1. The summed E-state index contributed by atoms with van der Waals surface area (Å²) in [5.41, 5.74) is 6.61. The number of fused-ring (bicyclic) bond motifs is 1. The van der Waals surface area contributed by atoms with Crippen LogP contribution in [0.3, 0.4) is 0 Å². The molecule has 1 aromatic carbocycles. The van der Waals surface area contributed by atoms with E-state index in [1.54, 1.807) is 11.8 Å². The van der Waals surface area contributed by atoms with Crippen molar-refractivity contribution in [3.05, 3.63) is 22.7 Å². The van der Waals surface area contributed by atoms with E-state index in [0.29, 0.717) is 34.9 Å². The van der Waals surface area contributed by atoms with Crippen molar-refractivity contribution < 1.29 is 9.47 Å². The molecule has 0 amide bonds. The summed E-state index contributed by atoms with van der Waals surface area (Å²) in [6.07, 6.45) is 0.860. The number of nitrogen functional groups attached to an aromatic ring is 1. The summed E-state index contributed by atoms with van der Waals surface area (Å²) >= 11 is 9.19. The van der Waals surface area contributed by atoms with Gasteiger partial charge in [0.25, 0.3) is 0 Å². The molecule has 2 aromatic rings. The van der Waals surface area contributed by atoms with Crippen molar-refractivity contribution >= 4 is 39.8 Å². The molecule has 106 valence electrons. The minimum absolute atomic E-state index is 0.476. The lowest BCUT2D eigenvalue weighted by molar-refractivity contribution is 0.297. The Hall–Kier alpha value is -1.18. The van der Waals surface area contributed by atoms with Gasteiger partial charge in [-0.15, -0.1) is 10.2 Å². The SMILES string of the molecule is Nc1nnc(SCc2cc(Cl)c3c(c2)OCCCO3)s1. The van der Waals surface area contributed by atoms with E-state index >= 15 is 0 Å². The summed E-state index contributed by atoms with van der Waals surface area (Å²) in [6.45, 7) is 1.28. The molecule has 0 unspecified atom stereocenters. The molecule has 8 heteroatoms. The normalized spacial score (nSPS) is 14.1. The number of nitrogens with zero attached hydrogens (tertiary/aromatic N) is 2. The number of nitrogens with two attached hydrogens (primary N) is 1. The first-order valence-corrected chi connectivity index (χ1v) is 8.20. The van der Waals surface area contributed by atoms with Gasteiger partial charge < -0.3 is 15.2 Å². The molecule has 1 aromatic heterocycles. The van der Waals surface area contributed by atoms with Crippen LogP contribution in [-0.2, 0) is 5.75 Å². The van der Waals surface area contributed by atoms with E-state index in [9.17, 15) is 0 Å². The molecule has 20 heavy (non-hydrogen) atoms. The fraction of sp³-hybridized carbons (Fsp3) is 0.333. The fourth-order valence-electron chi connectivity index (χ4n) is 1.79. The van der Waals surface area contributed by atoms with Crippen LogP contribution in [0.2, 0.25) is 5.02 Å². The molecule has 0 saturated carbocycles. The second-order valence-electron chi connectivity index (χ2n) is 4.15. The summed E-state index contributed by atoms with van der Waals surface area (Å²) in [4.78, 5) is 0. The number of hydrogen-bond donors (Lipinski definition) is 1. The highest BCUT2D eigenvalue weighted by atomic mass is 35.5. The lowest BCUT2D eigenvalue weighted by Crippen LogP contribution is -1.97. The Labute approximate surface area is 129 Å². The fourth-order valence-corrected chi connectivity index (χ4v) is 3.65. The molecule has 0 aliphatic carbocycles. The number of halogens is 1. The average molecular weight is 330 g/mol. The first kappa shape index (κ1) is 13.8. The second kappa shape index (κ2) is 6.07. The van der Waals surface area contributed by atoms with E-state index in [-0.39, 0.29) is 0 Å². The third-order valence-corrected chi connectivity index (χ3v) is 4.88. The van der Waals surface area contributed by atoms with Crippen LogP contribution in [0.1, 0.15) is 12.0 Å². The van der Waals surface area contributed by atoms with E-state index in [0.717, 1.165) is 22.1 Å². The van der Waals surface area contributed by atoms with Gasteiger partial charge in [-0.3, -0.25) is 0 Å². The monoisotopic (exact) mass is 329 g/mol. The lowest BCUT2D eigenvalue weighted by Gasteiger charge is -2.11. The zero-order valence-corrected chi connectivity index (χ0v) is 12.9. The molecule has 5 nitrogen and oxygen atoms in total. The molecule has 0 spiro atoms. The highest BCUT2D eigenvalue weighted by molar-refractivity contribution is 8.00. The van der Waals surface area contributed by atoms with Gasteiger partial charge in [-0.2, -0.15) is 0 Å². The van der Waals surface area contributed by atoms with E-state index in [1.165, 1.54) is 11.3 Å². The van der Waals surface area contributed by atoms with Crippen LogP contribution in [0.15, 0.2) is 16.5 Å². The molecule has 0 radical (unpaired) electrons. The van der Waals surface area contributed by atoms with Crippen LogP contribution in [-0.4, -0.2) is 23.4 Å². The van der Waals surface area contributed by atoms with Crippen molar-refractivity contribution in [2.24, 2.45) is 0 Å². The molecular formula is C12H12ClN3O2S2. The largest absolute Gasteiger partial charge is 0.489 e. The van der Waals surface area contributed by atoms with E-state index in [1.807, 2.05) is 12.1 Å². The minimum Gasteiger partial charge on any atom is -0.489 e. The summed E-state index contributed by atoms with van der Waals surface area (Å²) in [6, 6.07) is 3.86. The van der Waals surface area contributed by atoms with Gasteiger partial charge in [0.1, 0.15) is 0 Å². The topological polar surface area (TPSA) is 70.3 Å². The third-order valence-electron chi connectivity index (χ3n) is 2.65. The van der Waals surface area contributed by atoms with E-state index in [2.05, 4.69) is 10.2 Å². The van der Waals surface area contributed by atoms with Crippen molar-refractivity contribution in [1.29, 1.82) is 0 Å². The van der Waals surface area contributed by atoms with Crippen LogP contribution < -0.4 is 15.2 Å². The smallest absolute Gasteiger partial charge is 0.203 e. The number of rotatable bonds is 3. The van der Waals surface area contributed by atoms with Gasteiger partial charge in [-0.1, -0.05) is 34.7 Å². The van der Waals surface area contributed by atoms with Gasteiger partial charge >= 0.3 is 0 Å². The van der Waals surface area contributed by atoms with Crippen molar-refractivity contribution in [3.8, 4) is 11.5 Å². The van der Waals surface area contributed by atoms with Gasteiger partial charge in [-0.25, -0.2) is 0 Å². The van der Waals surface area contributed by atoms with Crippen LogP contribution in [0.25, 0.3) is 0 Å². The number of thioether (sulfide) groups is 1. The average Bonchev–Trinajstić information content (AvgIpc) is 2.70. The predicted molar refractivity (Wildman–Crippen MR) is 80.9 cm³/mol. The maximum atomic E-state index is 6.25. The Balaban J connectivity index is 1.77. The van der Waals surface area contributed by atoms with Crippen LogP contribution >= 0.6 is 34.7 Å². The Bertz CT molecular complexity index is 621. The Morgan fingerprint density at radius 2 is 2.15 bits per heavy atom. The van der Waals surface area contributed by atoms with Crippen LogP contribution in [0, 0.1) is 0 Å². The number of anilines is 1. The number of aromatic nitrogens is 2. The Kier molecular flexibility index (Phi) is 4.18. The molecule has 2 N–H and O–H groups in total. The van der Waals surface area contributed by atoms with Gasteiger partial charge in [0.2, 0.25) is 5.13 Å². The lowest BCUT2D eigenvalue weighted by atomic mass is 10.2. The van der Waals surface area contributed by atoms with Gasteiger partial charge in [0.15, 0.2) is 15.8 Å². The molecule has 0 bridgehead atoms. The molecule has 0 saturated heterocycles. The molecular weight excluding hydrogens is 318 g/mol. The maximum absolute atomic E-state index is 6.25. The molecule has 0 atom stereocenters. The first-order chi connectivity index (χ1) is 9.72. The van der Waals surface area contributed by atoms with Crippen molar-refractivity contribution in [2.45, 2.75) is 16.5 Å². The molecule has 1 aliphatic rings. The minimum atomic E-state index is 0.476. The maximum Gasteiger partial charge on any atom is 0.203 e. The van der Waals surface area contributed by atoms with Gasteiger partial charge in [-0.05, 0) is 17.7 Å². The molecule has 3 rings (SSSR count). The Morgan fingerprint density at radius 3 is 2.95 bits per heavy atom. The quantitative estimate of drug-likeness (QED) is 0.872. The van der Waals surface area contributed by atoms with Crippen LogP contribution in [0.4, 0.5) is 5.13 Å². The van der Waals surface area contributed by atoms with Crippen molar-refractivity contribution in [3.63, 3.8) is 0 Å². The predicted octanol–water partition coefficient (Wildman–Crippen LogP) is 3.23. The molecule has 1 aliphatic heterocycles. The van der Waals surface area contributed by atoms with E-state index < -0.39 is 0 Å². The zero-order valence-electron chi connectivity index (χ0n) is 10.5. The highest BCUT2D eigenvalue weighted by Gasteiger charge is 2.16. The zero-order chi connectivity index (χ0) is 13.9. The standard InChI is InChI=1S/C12H12ClN3O2S2/c13-8-4-7(6-19-12-16-15-11(14)20-12)5-9-10(8)18-3-1-2-17-9/h4-5H,1-3,6H2,(H2,14,15). The van der Waals surface area contributed by atoms with Gasteiger partial charge in [0, 0.05) is 12.2 Å². The summed E-state index contributed by atoms with van der Waals surface area (Å²) in [7, 11) is 0. The van der Waals surface area contributed by atoms with Crippen LogP contribution in [0.5, 0.6) is 11.5 Å². The first-order valence-electron chi connectivity index (χ1n) is 6.02. The highest BCUT2D eigenvalue weighted by Crippen LogP contribution is 2.39. The molecule has 0 fully saturated rings. The third kappa shape index (κ3) is 3.11. The van der Waals surface area contributed by atoms with E-state index in [4.69, 9.17) is 26.8 Å². The summed E-state index contributed by atoms with van der Waals surface area (Å²) in [5.74, 6) is 2.07. The number of hydrogen-bond acceptors (Lipinski definition) is 7. The van der Waals surface area contributed by atoms with Gasteiger partial charge in [0.05, 0.1) is 18.2 Å². The number of ether oxygens (including phenoxy) is 2.